The van der Waals surface area contributed by atoms with Crippen LogP contribution in [-0.2, 0) is 0 Å². The van der Waals surface area contributed by atoms with E-state index in [4.69, 9.17) is 8.83 Å². The van der Waals surface area contributed by atoms with E-state index < -0.39 is 17.2 Å². The minimum absolute atomic E-state index is 0.138. The summed E-state index contributed by atoms with van der Waals surface area (Å²) in [7, 11) is 0. The quantitative estimate of drug-likeness (QED) is 0.246. The molecule has 0 atom stereocenters. The van der Waals surface area contributed by atoms with Crippen molar-refractivity contribution in [3.8, 4) is 11.5 Å². The fourth-order valence-corrected chi connectivity index (χ4v) is 5.89. The first-order chi connectivity index (χ1) is 16.6. The van der Waals surface area contributed by atoms with Crippen LogP contribution in [0.5, 0.6) is 11.5 Å². The number of benzene rings is 2. The molecular formula is C27H21BrO6S. The van der Waals surface area contributed by atoms with Crippen molar-refractivity contribution in [2.24, 2.45) is 0 Å². The van der Waals surface area contributed by atoms with Gasteiger partial charge in [0.2, 0.25) is 0 Å². The minimum atomic E-state index is -1.11. The molecule has 0 aliphatic rings. The number of rotatable bonds is 3. The van der Waals surface area contributed by atoms with Crippen molar-refractivity contribution in [3.05, 3.63) is 99.3 Å². The maximum Gasteiger partial charge on any atom is 0.344 e. The predicted octanol–water partition coefficient (Wildman–Crippen LogP) is 6.55. The molecule has 0 aliphatic carbocycles. The van der Waals surface area contributed by atoms with Gasteiger partial charge in [0.1, 0.15) is 22.7 Å². The Morgan fingerprint density at radius 3 is 1.57 bits per heavy atom. The lowest BCUT2D eigenvalue weighted by molar-refractivity contribution is 0.442. The molecule has 0 saturated heterocycles. The fraction of sp³-hybridized carbons (Fsp3) is 0.185. The molecule has 8 heteroatoms. The second kappa shape index (κ2) is 8.39. The first-order valence-corrected chi connectivity index (χ1v) is 12.5. The van der Waals surface area contributed by atoms with Crippen molar-refractivity contribution >= 4 is 49.2 Å². The molecule has 2 N–H and O–H groups in total. The van der Waals surface area contributed by atoms with Crippen LogP contribution in [0.15, 0.2) is 58.6 Å². The van der Waals surface area contributed by atoms with Crippen LogP contribution in [-0.4, -0.2) is 10.2 Å². The molecule has 178 valence electrons. The highest BCUT2D eigenvalue weighted by Crippen LogP contribution is 2.44. The van der Waals surface area contributed by atoms with Crippen LogP contribution in [0.4, 0.5) is 0 Å². The Bertz CT molecular complexity index is 1660. The molecule has 3 aromatic heterocycles. The molecule has 0 bridgehead atoms. The lowest BCUT2D eigenvalue weighted by Crippen LogP contribution is -2.20. The monoisotopic (exact) mass is 552 g/mol. The van der Waals surface area contributed by atoms with Gasteiger partial charge in [0.25, 0.3) is 0 Å². The van der Waals surface area contributed by atoms with E-state index in [1.807, 2.05) is 27.7 Å². The normalized spacial score (nSPS) is 11.7. The Morgan fingerprint density at radius 1 is 0.743 bits per heavy atom. The van der Waals surface area contributed by atoms with Crippen LogP contribution in [0, 0.1) is 27.7 Å². The maximum atomic E-state index is 13.3. The summed E-state index contributed by atoms with van der Waals surface area (Å²) in [6, 6.07) is 8.60. The average molecular weight is 553 g/mol. The number of fused-ring (bicyclic) bond motifs is 2. The van der Waals surface area contributed by atoms with Crippen LogP contribution in [0.25, 0.3) is 21.9 Å². The van der Waals surface area contributed by atoms with E-state index in [9.17, 15) is 19.8 Å². The molecule has 0 unspecified atom stereocenters. The first-order valence-electron chi connectivity index (χ1n) is 10.8. The van der Waals surface area contributed by atoms with E-state index >= 15 is 0 Å². The summed E-state index contributed by atoms with van der Waals surface area (Å²) in [4.78, 5) is 27.1. The van der Waals surface area contributed by atoms with Crippen LogP contribution in [0.1, 0.15) is 44.2 Å². The van der Waals surface area contributed by atoms with Crippen molar-refractivity contribution in [3.63, 3.8) is 0 Å². The Hall–Kier alpha value is -3.36. The third kappa shape index (κ3) is 3.77. The maximum absolute atomic E-state index is 13.3. The van der Waals surface area contributed by atoms with E-state index in [1.165, 1.54) is 11.3 Å². The van der Waals surface area contributed by atoms with E-state index in [2.05, 4.69) is 15.9 Å². The summed E-state index contributed by atoms with van der Waals surface area (Å²) in [5, 5.41) is 25.2. The lowest BCUT2D eigenvalue weighted by Gasteiger charge is -2.19. The van der Waals surface area contributed by atoms with Gasteiger partial charge in [-0.15, -0.1) is 11.3 Å². The number of hydrogen-bond acceptors (Lipinski definition) is 7. The second-order valence-electron chi connectivity index (χ2n) is 8.77. The van der Waals surface area contributed by atoms with Crippen LogP contribution in [0.2, 0.25) is 0 Å². The van der Waals surface area contributed by atoms with E-state index in [0.29, 0.717) is 15.6 Å². The number of thiophene rings is 1. The van der Waals surface area contributed by atoms with Gasteiger partial charge in [-0.2, -0.15) is 0 Å². The molecular weight excluding hydrogens is 532 g/mol. The Balaban J connectivity index is 1.90. The summed E-state index contributed by atoms with van der Waals surface area (Å²) >= 11 is 4.69. The average Bonchev–Trinajstić information content (AvgIpc) is 3.21. The molecule has 0 fully saturated rings. The van der Waals surface area contributed by atoms with E-state index in [0.717, 1.165) is 26.7 Å². The lowest BCUT2D eigenvalue weighted by atomic mass is 9.88. The molecule has 0 spiro atoms. The van der Waals surface area contributed by atoms with E-state index in [-0.39, 0.29) is 33.8 Å². The number of hydrogen-bond donors (Lipinski definition) is 2. The molecule has 0 saturated carbocycles. The Kier molecular flexibility index (Phi) is 5.61. The Morgan fingerprint density at radius 2 is 1.17 bits per heavy atom. The molecule has 5 aromatic rings. The fourth-order valence-electron chi connectivity index (χ4n) is 4.33. The topological polar surface area (TPSA) is 101 Å². The zero-order chi connectivity index (χ0) is 25.2. The summed E-state index contributed by atoms with van der Waals surface area (Å²) in [5.74, 6) is -1.71. The molecule has 6 nitrogen and oxygen atoms in total. The molecule has 0 aliphatic heterocycles. The number of aromatic hydroxyl groups is 2. The van der Waals surface area contributed by atoms with Gasteiger partial charge in [-0.1, -0.05) is 0 Å². The van der Waals surface area contributed by atoms with Crippen LogP contribution >= 0.6 is 27.3 Å². The minimum Gasteiger partial charge on any atom is -0.507 e. The second-order valence-corrected chi connectivity index (χ2v) is 10.6. The van der Waals surface area contributed by atoms with Crippen molar-refractivity contribution in [1.82, 2.24) is 0 Å². The summed E-state index contributed by atoms with van der Waals surface area (Å²) in [5.41, 5.74) is 2.23. The summed E-state index contributed by atoms with van der Waals surface area (Å²) in [6.45, 7) is 7.55. The Labute approximate surface area is 212 Å². The molecule has 3 heterocycles. The molecule has 35 heavy (non-hydrogen) atoms. The zero-order valence-corrected chi connectivity index (χ0v) is 21.8. The summed E-state index contributed by atoms with van der Waals surface area (Å²) in [6.07, 6.45) is 0. The molecule has 5 rings (SSSR count). The van der Waals surface area contributed by atoms with Gasteiger partial charge in [0.15, 0.2) is 0 Å². The zero-order valence-electron chi connectivity index (χ0n) is 19.4. The van der Waals surface area contributed by atoms with Crippen LogP contribution in [0.3, 0.4) is 0 Å². The van der Waals surface area contributed by atoms with Gasteiger partial charge in [-0.05, 0) is 96.2 Å². The van der Waals surface area contributed by atoms with Gasteiger partial charge < -0.3 is 19.0 Å². The molecule has 0 amide bonds. The smallest absolute Gasteiger partial charge is 0.344 e. The van der Waals surface area contributed by atoms with Gasteiger partial charge in [0, 0.05) is 14.7 Å². The van der Waals surface area contributed by atoms with Crippen molar-refractivity contribution < 1.29 is 19.0 Å². The summed E-state index contributed by atoms with van der Waals surface area (Å²) < 4.78 is 11.9. The predicted molar refractivity (Wildman–Crippen MR) is 140 cm³/mol. The SMILES string of the molecule is Cc1cc2oc(=O)c(C(c3cc(Br)cs3)c3c(O)c4cc(C)c(C)cc4oc3=O)c(O)c2cc1C. The van der Waals surface area contributed by atoms with E-state index in [1.54, 1.807) is 35.7 Å². The van der Waals surface area contributed by atoms with Crippen LogP contribution < -0.4 is 11.3 Å². The largest absolute Gasteiger partial charge is 0.507 e. The van der Waals surface area contributed by atoms with Crippen molar-refractivity contribution in [1.29, 1.82) is 0 Å². The van der Waals surface area contributed by atoms with Crippen molar-refractivity contribution in [2.45, 2.75) is 33.6 Å². The molecule has 0 radical (unpaired) electrons. The van der Waals surface area contributed by atoms with Gasteiger partial charge in [-0.3, -0.25) is 0 Å². The number of aryl methyl sites for hydroxylation is 4. The molecule has 2 aromatic carbocycles. The van der Waals surface area contributed by atoms with Gasteiger partial charge in [0.05, 0.1) is 27.8 Å². The highest BCUT2D eigenvalue weighted by Gasteiger charge is 2.33. The third-order valence-corrected chi connectivity index (χ3v) is 8.27. The number of halogens is 1. The highest BCUT2D eigenvalue weighted by molar-refractivity contribution is 9.10. The van der Waals surface area contributed by atoms with Gasteiger partial charge in [-0.25, -0.2) is 9.59 Å². The first kappa shape index (κ1) is 23.4. The third-order valence-electron chi connectivity index (χ3n) is 6.51. The van der Waals surface area contributed by atoms with Gasteiger partial charge >= 0.3 is 11.3 Å². The van der Waals surface area contributed by atoms with Crippen molar-refractivity contribution in [2.75, 3.05) is 0 Å². The highest BCUT2D eigenvalue weighted by atomic mass is 79.9. The standard InChI is InChI=1S/C27H21BrO6S/c1-11-5-16-18(7-13(11)3)33-26(31)22(24(16)29)21(20-9-15(28)10-35-20)23-25(30)17-6-12(2)14(4)8-19(17)34-27(23)32/h5-10,21,29-30H,1-4H3.